The van der Waals surface area contributed by atoms with Gasteiger partial charge in [-0.05, 0) is 29.9 Å². The third-order valence-electron chi connectivity index (χ3n) is 3.61. The zero-order chi connectivity index (χ0) is 16.9. The number of hydrogen-bond donors (Lipinski definition) is 2. The summed E-state index contributed by atoms with van der Waals surface area (Å²) in [5.41, 5.74) is 0.937. The summed E-state index contributed by atoms with van der Waals surface area (Å²) >= 11 is 5.13. The molecule has 6 nitrogen and oxygen atoms in total. The molecule has 2 heterocycles. The van der Waals surface area contributed by atoms with Gasteiger partial charge in [0, 0.05) is 0 Å². The molecule has 2 aromatic rings. The van der Waals surface area contributed by atoms with Gasteiger partial charge in [-0.3, -0.25) is 14.5 Å². The molecule has 122 valence electrons. The summed E-state index contributed by atoms with van der Waals surface area (Å²) in [5.74, 6) is -0.997. The maximum atomic E-state index is 12.6. The molecule has 1 aliphatic rings. The maximum Gasteiger partial charge on any atom is 0.251 e. The largest absolute Gasteiger partial charge is 0.463 e. The van der Waals surface area contributed by atoms with Crippen LogP contribution in [0.5, 0.6) is 0 Å². The summed E-state index contributed by atoms with van der Waals surface area (Å²) in [6.45, 7) is 0.717. The van der Waals surface area contributed by atoms with E-state index >= 15 is 0 Å². The molecule has 1 aliphatic heterocycles. The van der Waals surface area contributed by atoms with Crippen LogP contribution in [0.15, 0.2) is 53.1 Å². The van der Waals surface area contributed by atoms with Crippen molar-refractivity contribution in [1.29, 1.82) is 0 Å². The van der Waals surface area contributed by atoms with Crippen LogP contribution in [-0.2, 0) is 22.7 Å². The van der Waals surface area contributed by atoms with Crippen LogP contribution in [0.4, 0.5) is 0 Å². The number of benzene rings is 1. The zero-order valence-corrected chi connectivity index (χ0v) is 13.6. The molecule has 2 amide bonds. The van der Waals surface area contributed by atoms with Gasteiger partial charge in [-0.15, -0.1) is 0 Å². The van der Waals surface area contributed by atoms with E-state index in [0.29, 0.717) is 18.8 Å². The Morgan fingerprint density at radius 3 is 2.71 bits per heavy atom. The molecule has 1 saturated heterocycles. The second-order valence-corrected chi connectivity index (χ2v) is 5.70. The molecule has 1 aromatic heterocycles. The quantitative estimate of drug-likeness (QED) is 0.455. The van der Waals surface area contributed by atoms with Crippen molar-refractivity contribution >= 4 is 35.4 Å². The Hall–Kier alpha value is -2.80. The maximum absolute atomic E-state index is 12.6. The number of nitrogens with one attached hydrogen (secondary N) is 2. The van der Waals surface area contributed by atoms with Crippen LogP contribution < -0.4 is 10.3 Å². The van der Waals surface area contributed by atoms with E-state index in [-0.39, 0.29) is 11.0 Å². The Morgan fingerprint density at radius 2 is 2.00 bits per heavy atom. The van der Waals surface area contributed by atoms with Gasteiger partial charge in [0.1, 0.15) is 0 Å². The van der Waals surface area contributed by atoms with Crippen LogP contribution in [-0.4, -0.2) is 28.0 Å². The monoisotopic (exact) mass is 342 g/mol. The first-order valence-electron chi connectivity index (χ1n) is 7.44. The van der Waals surface area contributed by atoms with Crippen molar-refractivity contribution in [3.05, 3.63) is 60.1 Å². The molecule has 7 heteroatoms. The van der Waals surface area contributed by atoms with Gasteiger partial charge < -0.3 is 9.73 Å². The van der Waals surface area contributed by atoms with E-state index in [4.69, 9.17) is 16.6 Å². The minimum Gasteiger partial charge on any atom is -0.463 e. The summed E-state index contributed by atoms with van der Waals surface area (Å²) in [4.78, 5) is 29.0. The molecular formula is C17H16N3O3S+. The van der Waals surface area contributed by atoms with Crippen LogP contribution in [0.2, 0.25) is 0 Å². The Labute approximate surface area is 144 Å². The fourth-order valence-corrected chi connectivity index (χ4v) is 2.64. The van der Waals surface area contributed by atoms with Gasteiger partial charge in [-0.2, -0.15) is 0 Å². The lowest BCUT2D eigenvalue weighted by atomic mass is 10.1. The van der Waals surface area contributed by atoms with Gasteiger partial charge in [0.05, 0.1) is 12.8 Å². The zero-order valence-electron chi connectivity index (χ0n) is 12.8. The Bertz CT molecular complexity index is 772. The van der Waals surface area contributed by atoms with Gasteiger partial charge >= 0.3 is 0 Å². The molecule has 24 heavy (non-hydrogen) atoms. The number of furan rings is 1. The molecule has 1 aromatic carbocycles. The predicted molar refractivity (Wildman–Crippen MR) is 90.7 cm³/mol. The Morgan fingerprint density at radius 1 is 1.21 bits per heavy atom. The standard InChI is InChI=1S/C17H15N3O3S/c21-15-14(10-18-9-13-7-4-8-23-13)16(22)20(17(24)19-15)11-12-5-2-1-3-6-12/h1-8,10,14H,9,11H2,(H,19,21,24)/p+1. The second kappa shape index (κ2) is 7.18. The van der Waals surface area contributed by atoms with Gasteiger partial charge in [-0.25, -0.2) is 4.99 Å². The topological polar surface area (TPSA) is 76.5 Å². The summed E-state index contributed by atoms with van der Waals surface area (Å²) in [6, 6.07) is 13.1. The normalized spacial score (nSPS) is 18.2. The lowest BCUT2D eigenvalue weighted by Crippen LogP contribution is -2.71. The molecule has 0 saturated carbocycles. The van der Waals surface area contributed by atoms with Crippen molar-refractivity contribution in [2.45, 2.75) is 13.1 Å². The van der Waals surface area contributed by atoms with Gasteiger partial charge in [0.25, 0.3) is 5.91 Å². The number of nitrogens with zero attached hydrogens (tertiary/aromatic N) is 1. The lowest BCUT2D eigenvalue weighted by molar-refractivity contribution is -0.474. The van der Waals surface area contributed by atoms with Crippen LogP contribution in [0.25, 0.3) is 0 Å². The van der Waals surface area contributed by atoms with Crippen molar-refractivity contribution in [1.82, 2.24) is 10.2 Å². The minimum absolute atomic E-state index is 0.129. The molecule has 0 bridgehead atoms. The summed E-state index contributed by atoms with van der Waals surface area (Å²) in [7, 11) is 0. The van der Waals surface area contributed by atoms with Gasteiger partial charge in [-0.1, -0.05) is 30.3 Å². The number of thiocarbonyl (C=S) groups is 1. The first kappa shape index (κ1) is 16.1. The minimum atomic E-state index is -0.935. The number of carbonyl (C=O) groups excluding carboxylic acids is 2. The third-order valence-corrected chi connectivity index (χ3v) is 3.94. The summed E-state index contributed by atoms with van der Waals surface area (Å²) in [6.07, 6.45) is 3.04. The molecule has 1 atom stereocenters. The van der Waals surface area contributed by atoms with E-state index in [1.165, 1.54) is 11.1 Å². The first-order valence-corrected chi connectivity index (χ1v) is 7.85. The van der Waals surface area contributed by atoms with Gasteiger partial charge in [0.2, 0.25) is 5.91 Å². The number of hydrogen-bond acceptors (Lipinski definition) is 4. The average Bonchev–Trinajstić information content (AvgIpc) is 3.09. The van der Waals surface area contributed by atoms with E-state index < -0.39 is 11.8 Å². The summed E-state index contributed by atoms with van der Waals surface area (Å²) < 4.78 is 5.19. The second-order valence-electron chi connectivity index (χ2n) is 5.31. The highest BCUT2D eigenvalue weighted by atomic mass is 32.1. The molecule has 2 N–H and O–H groups in total. The van der Waals surface area contributed by atoms with Crippen LogP contribution in [0.1, 0.15) is 11.3 Å². The van der Waals surface area contributed by atoms with Crippen molar-refractivity contribution in [3.8, 4) is 0 Å². The smallest absolute Gasteiger partial charge is 0.251 e. The van der Waals surface area contributed by atoms with Gasteiger partial charge in [0.15, 0.2) is 29.5 Å². The average molecular weight is 342 g/mol. The fourth-order valence-electron chi connectivity index (χ4n) is 2.38. The molecule has 0 spiro atoms. The predicted octanol–water partition coefficient (Wildman–Crippen LogP) is -0.00930. The lowest BCUT2D eigenvalue weighted by Gasteiger charge is -2.30. The van der Waals surface area contributed by atoms with E-state index in [9.17, 15) is 9.59 Å². The first-order chi connectivity index (χ1) is 11.6. The van der Waals surface area contributed by atoms with Crippen molar-refractivity contribution in [3.63, 3.8) is 0 Å². The number of carbonyl (C=O) groups is 2. The molecule has 1 fully saturated rings. The van der Waals surface area contributed by atoms with E-state index in [0.717, 1.165) is 5.56 Å². The van der Waals surface area contributed by atoms with E-state index in [1.807, 2.05) is 30.3 Å². The highest BCUT2D eigenvalue weighted by Crippen LogP contribution is 2.13. The van der Waals surface area contributed by atoms with E-state index in [1.54, 1.807) is 18.4 Å². The molecule has 3 rings (SSSR count). The van der Waals surface area contributed by atoms with Crippen LogP contribution in [0.3, 0.4) is 0 Å². The third kappa shape index (κ3) is 3.57. The van der Waals surface area contributed by atoms with Crippen molar-refractivity contribution in [2.75, 3.05) is 0 Å². The Balaban J connectivity index is 1.72. The SMILES string of the molecule is O=C1NC(=S)N(Cc2ccccc2)C(=O)C1C=[NH+]Cc1ccco1. The van der Waals surface area contributed by atoms with Crippen LogP contribution >= 0.6 is 12.2 Å². The number of amides is 2. The highest BCUT2D eigenvalue weighted by molar-refractivity contribution is 7.80. The van der Waals surface area contributed by atoms with E-state index in [2.05, 4.69) is 10.3 Å². The Kier molecular flexibility index (Phi) is 4.81. The highest BCUT2D eigenvalue weighted by Gasteiger charge is 2.39. The molecule has 0 radical (unpaired) electrons. The van der Waals surface area contributed by atoms with Crippen molar-refractivity contribution < 1.29 is 19.0 Å². The summed E-state index contributed by atoms with van der Waals surface area (Å²) in [5, 5.41) is 2.71. The van der Waals surface area contributed by atoms with Crippen molar-refractivity contribution in [2.24, 2.45) is 5.92 Å². The molecule has 1 unspecified atom stereocenters. The molecular weight excluding hydrogens is 326 g/mol. The van der Waals surface area contributed by atoms with Crippen LogP contribution in [0, 0.1) is 5.92 Å². The molecule has 0 aliphatic carbocycles. The number of rotatable bonds is 5. The fraction of sp³-hybridized carbons (Fsp3) is 0.176.